The van der Waals surface area contributed by atoms with Gasteiger partial charge in [-0.15, -0.1) is 11.3 Å². The number of rotatable bonds is 4. The lowest BCUT2D eigenvalue weighted by Crippen LogP contribution is -2.56. The van der Waals surface area contributed by atoms with Gasteiger partial charge in [0.1, 0.15) is 11.9 Å². The van der Waals surface area contributed by atoms with E-state index in [-0.39, 0.29) is 18.6 Å². The number of aromatic nitrogens is 1. The van der Waals surface area contributed by atoms with Gasteiger partial charge < -0.3 is 8.98 Å². The van der Waals surface area contributed by atoms with Crippen molar-refractivity contribution in [2.45, 2.75) is 18.6 Å². The molecule has 5 nitrogen and oxygen atoms in total. The lowest BCUT2D eigenvalue weighted by atomic mass is 9.99. The molecule has 0 aliphatic carbocycles. The Bertz CT molecular complexity index is 2870. The molecule has 3 aromatic heterocycles. The molecule has 6 heteroatoms. The molecular weight excluding hydrogens is 645 g/mol. The topological polar surface area (TPSA) is 54.2 Å². The van der Waals surface area contributed by atoms with Crippen molar-refractivity contribution in [1.82, 2.24) is 20.5 Å². The molecule has 7 aromatic carbocycles. The van der Waals surface area contributed by atoms with Gasteiger partial charge in [-0.3, -0.25) is 16.0 Å². The standard InChI is InChI=1S/C45H32N4OS/c1-3-12-27(13-4-1)30-18-11-21-38-40(30)35-25-24-34-33-23-22-29(26-39(33)51-42(34)41(35)50-38)44-46-43(28-14-5-2-6-15-28)47-45(48-44)49-36-19-9-7-16-31(36)32-17-8-10-20-37(32)49/h1-26,43-48H. The average molecular weight is 677 g/mol. The summed E-state index contributed by atoms with van der Waals surface area (Å²) in [6.07, 6.45) is -0.358. The number of thiophene rings is 1. The van der Waals surface area contributed by atoms with E-state index in [9.17, 15) is 0 Å². The normalized spacial score (nSPS) is 18.2. The molecule has 0 amide bonds. The maximum atomic E-state index is 6.67. The van der Waals surface area contributed by atoms with Crippen LogP contribution in [-0.4, -0.2) is 4.57 Å². The zero-order valence-electron chi connectivity index (χ0n) is 27.5. The zero-order chi connectivity index (χ0) is 33.5. The van der Waals surface area contributed by atoms with Crippen molar-refractivity contribution in [3.05, 3.63) is 169 Å². The molecule has 51 heavy (non-hydrogen) atoms. The lowest BCUT2D eigenvalue weighted by molar-refractivity contribution is 0.161. The SMILES string of the molecule is c1ccc(-c2cccc3oc4c(ccc5c6ccc(C7NC(c8ccccc8)NC(n8c9ccccc9c9ccccc98)N7)cc6sc54)c23)cc1. The number of nitrogens with zero attached hydrogens (tertiary/aromatic N) is 1. The largest absolute Gasteiger partial charge is 0.455 e. The van der Waals surface area contributed by atoms with E-state index in [0.717, 1.165) is 16.6 Å². The first-order valence-corrected chi connectivity index (χ1v) is 18.3. The molecule has 0 bridgehead atoms. The first kappa shape index (κ1) is 29.0. The summed E-state index contributed by atoms with van der Waals surface area (Å²) >= 11 is 1.82. The quantitative estimate of drug-likeness (QED) is 0.174. The highest BCUT2D eigenvalue weighted by molar-refractivity contribution is 7.26. The number of fused-ring (bicyclic) bond motifs is 10. The van der Waals surface area contributed by atoms with Gasteiger partial charge in [0.15, 0.2) is 5.58 Å². The fourth-order valence-corrected chi connectivity index (χ4v) is 9.44. The number of hydrogen-bond donors (Lipinski definition) is 3. The van der Waals surface area contributed by atoms with Crippen molar-refractivity contribution < 1.29 is 4.42 Å². The summed E-state index contributed by atoms with van der Waals surface area (Å²) in [4.78, 5) is 0. The van der Waals surface area contributed by atoms with Crippen LogP contribution in [-0.2, 0) is 0 Å². The summed E-state index contributed by atoms with van der Waals surface area (Å²) in [6.45, 7) is 0. The number of benzene rings is 7. The predicted octanol–water partition coefficient (Wildman–Crippen LogP) is 11.4. The molecular formula is C45H32N4OS. The molecule has 0 radical (unpaired) electrons. The van der Waals surface area contributed by atoms with Crippen LogP contribution in [0.4, 0.5) is 0 Å². The lowest BCUT2D eigenvalue weighted by Gasteiger charge is -2.40. The summed E-state index contributed by atoms with van der Waals surface area (Å²) in [5.74, 6) is 0. The Labute approximate surface area is 297 Å². The molecule has 0 spiro atoms. The minimum atomic E-state index is -0.168. The van der Waals surface area contributed by atoms with Gasteiger partial charge in [0, 0.05) is 37.0 Å². The van der Waals surface area contributed by atoms with E-state index in [2.05, 4.69) is 178 Å². The highest BCUT2D eigenvalue weighted by Crippen LogP contribution is 2.45. The van der Waals surface area contributed by atoms with E-state index in [1.54, 1.807) is 0 Å². The Morgan fingerprint density at radius 2 is 1.16 bits per heavy atom. The van der Waals surface area contributed by atoms with Crippen LogP contribution in [0.3, 0.4) is 0 Å². The highest BCUT2D eigenvalue weighted by atomic mass is 32.1. The van der Waals surface area contributed by atoms with Crippen molar-refractivity contribution >= 4 is 75.3 Å². The monoisotopic (exact) mass is 676 g/mol. The third kappa shape index (κ3) is 4.51. The molecule has 1 aliphatic heterocycles. The van der Waals surface area contributed by atoms with Gasteiger partial charge in [-0.25, -0.2) is 0 Å². The zero-order valence-corrected chi connectivity index (χ0v) is 28.3. The molecule has 10 aromatic rings. The molecule has 1 fully saturated rings. The third-order valence-electron chi connectivity index (χ3n) is 10.5. The van der Waals surface area contributed by atoms with Gasteiger partial charge in [0.2, 0.25) is 0 Å². The molecule has 3 N–H and O–H groups in total. The van der Waals surface area contributed by atoms with Gasteiger partial charge >= 0.3 is 0 Å². The Morgan fingerprint density at radius 3 is 1.92 bits per heavy atom. The molecule has 0 saturated carbocycles. The summed E-state index contributed by atoms with van der Waals surface area (Å²) in [5, 5.41) is 19.0. The van der Waals surface area contributed by atoms with Crippen molar-refractivity contribution in [3.63, 3.8) is 0 Å². The van der Waals surface area contributed by atoms with E-state index >= 15 is 0 Å². The first-order chi connectivity index (χ1) is 25.3. The van der Waals surface area contributed by atoms with E-state index in [0.29, 0.717) is 0 Å². The van der Waals surface area contributed by atoms with Gasteiger partial charge in [0.25, 0.3) is 0 Å². The van der Waals surface area contributed by atoms with E-state index in [4.69, 9.17) is 4.42 Å². The summed E-state index contributed by atoms with van der Waals surface area (Å²) < 4.78 is 11.5. The molecule has 3 atom stereocenters. The molecule has 3 unspecified atom stereocenters. The highest BCUT2D eigenvalue weighted by Gasteiger charge is 2.31. The molecule has 4 heterocycles. The average Bonchev–Trinajstić information content (AvgIpc) is 3.88. The van der Waals surface area contributed by atoms with E-state index in [1.807, 2.05) is 11.3 Å². The Hall–Kier alpha value is -5.76. The summed E-state index contributed by atoms with van der Waals surface area (Å²) in [5.41, 5.74) is 9.05. The Kier molecular flexibility index (Phi) is 6.48. The fourth-order valence-electron chi connectivity index (χ4n) is 8.21. The second-order valence-electron chi connectivity index (χ2n) is 13.4. The van der Waals surface area contributed by atoms with Gasteiger partial charge in [-0.1, -0.05) is 127 Å². The fraction of sp³-hybridized carbons (Fsp3) is 0.0667. The minimum absolute atomic E-state index is 0.0746. The number of para-hydroxylation sites is 2. The van der Waals surface area contributed by atoms with Crippen LogP contribution in [0.2, 0.25) is 0 Å². The second kappa shape index (κ2) is 11.4. The Morgan fingerprint density at radius 1 is 0.510 bits per heavy atom. The van der Waals surface area contributed by atoms with Crippen LogP contribution in [0.1, 0.15) is 29.7 Å². The van der Waals surface area contributed by atoms with Crippen LogP contribution in [0.5, 0.6) is 0 Å². The molecule has 244 valence electrons. The van der Waals surface area contributed by atoms with Gasteiger partial charge in [-0.2, -0.15) is 0 Å². The number of furan rings is 1. The maximum Gasteiger partial charge on any atom is 0.153 e. The van der Waals surface area contributed by atoms with Crippen LogP contribution in [0.15, 0.2) is 162 Å². The van der Waals surface area contributed by atoms with Crippen LogP contribution >= 0.6 is 11.3 Å². The van der Waals surface area contributed by atoms with Crippen molar-refractivity contribution in [2.24, 2.45) is 0 Å². The van der Waals surface area contributed by atoms with E-state index in [1.165, 1.54) is 69.6 Å². The van der Waals surface area contributed by atoms with E-state index < -0.39 is 0 Å². The van der Waals surface area contributed by atoms with Crippen molar-refractivity contribution in [1.29, 1.82) is 0 Å². The van der Waals surface area contributed by atoms with Gasteiger partial charge in [-0.05, 0) is 52.6 Å². The predicted molar refractivity (Wildman–Crippen MR) is 212 cm³/mol. The maximum absolute atomic E-state index is 6.67. The van der Waals surface area contributed by atoms with Crippen LogP contribution in [0.25, 0.3) is 75.0 Å². The Balaban J connectivity index is 1.04. The number of nitrogens with one attached hydrogen (secondary N) is 3. The number of hydrogen-bond acceptors (Lipinski definition) is 5. The van der Waals surface area contributed by atoms with Gasteiger partial charge in [0.05, 0.1) is 28.1 Å². The molecule has 11 rings (SSSR count). The smallest absolute Gasteiger partial charge is 0.153 e. The van der Waals surface area contributed by atoms with Crippen molar-refractivity contribution in [3.8, 4) is 11.1 Å². The summed E-state index contributed by atoms with van der Waals surface area (Å²) in [7, 11) is 0. The first-order valence-electron chi connectivity index (χ1n) is 17.5. The molecule has 1 aliphatic rings. The van der Waals surface area contributed by atoms with Crippen LogP contribution < -0.4 is 16.0 Å². The second-order valence-corrected chi connectivity index (χ2v) is 14.5. The van der Waals surface area contributed by atoms with Crippen LogP contribution in [0, 0.1) is 0 Å². The summed E-state index contributed by atoms with van der Waals surface area (Å²) in [6, 6.07) is 56.4. The molecule has 1 saturated heterocycles. The minimum Gasteiger partial charge on any atom is -0.455 e. The third-order valence-corrected chi connectivity index (χ3v) is 11.7. The van der Waals surface area contributed by atoms with Crippen molar-refractivity contribution in [2.75, 3.05) is 0 Å².